The Kier molecular flexibility index (Phi) is 10.4. The minimum Gasteiger partial charge on any atom is -0.406 e. The Morgan fingerprint density at radius 2 is 1.72 bits per heavy atom. The van der Waals surface area contributed by atoms with Gasteiger partial charge in [-0.25, -0.2) is 15.0 Å². The standard InChI is InChI=1S/C34H39F3N6O2S/c1-21(2)30-23(4)7-6-8-29(30)43-24(5)19-46-33(43)40-32(44)38-18-22(3)17-25-9-11-26(12-10-25)31-39-20-42(41-31)27-13-15-28(16-14-27)45-34(35,36)37/h6-16,19-22,32-33,38,40,44H,17-18H2,1-5H3. The Hall–Kier alpha value is -3.84. The van der Waals surface area contributed by atoms with Gasteiger partial charge in [0, 0.05) is 23.5 Å². The number of thioether (sulfide) groups is 1. The molecule has 5 rings (SSSR count). The Bertz CT molecular complexity index is 1640. The summed E-state index contributed by atoms with van der Waals surface area (Å²) < 4.78 is 42.7. The van der Waals surface area contributed by atoms with Gasteiger partial charge in [-0.3, -0.25) is 5.32 Å². The van der Waals surface area contributed by atoms with Crippen molar-refractivity contribution in [2.45, 2.75) is 65.2 Å². The Morgan fingerprint density at radius 3 is 2.39 bits per heavy atom. The van der Waals surface area contributed by atoms with Crippen molar-refractivity contribution in [3.8, 4) is 22.8 Å². The van der Waals surface area contributed by atoms with E-state index in [1.54, 1.807) is 11.8 Å². The topological polar surface area (TPSA) is 87.5 Å². The van der Waals surface area contributed by atoms with Crippen LogP contribution >= 0.6 is 11.8 Å². The summed E-state index contributed by atoms with van der Waals surface area (Å²) in [6, 6.07) is 19.8. The smallest absolute Gasteiger partial charge is 0.406 e. The second-order valence-corrected chi connectivity index (χ2v) is 12.8. The number of aryl methyl sites for hydroxylation is 1. The fourth-order valence-electron chi connectivity index (χ4n) is 5.61. The highest BCUT2D eigenvalue weighted by Gasteiger charge is 2.31. The number of aromatic nitrogens is 3. The molecule has 12 heteroatoms. The minimum atomic E-state index is -4.74. The number of anilines is 1. The molecule has 1 aromatic heterocycles. The molecular formula is C34H39F3N6O2S. The van der Waals surface area contributed by atoms with Gasteiger partial charge in [-0.1, -0.05) is 68.9 Å². The molecule has 3 N–H and O–H groups in total. The summed E-state index contributed by atoms with van der Waals surface area (Å²) in [5.41, 5.74) is 7.24. The van der Waals surface area contributed by atoms with E-state index >= 15 is 0 Å². The number of halogens is 3. The summed E-state index contributed by atoms with van der Waals surface area (Å²) in [5.74, 6) is 0.826. The largest absolute Gasteiger partial charge is 0.573 e. The van der Waals surface area contributed by atoms with Gasteiger partial charge in [0.25, 0.3) is 0 Å². The maximum atomic E-state index is 12.4. The zero-order chi connectivity index (χ0) is 33.0. The molecule has 3 unspecified atom stereocenters. The summed E-state index contributed by atoms with van der Waals surface area (Å²) in [7, 11) is 0. The van der Waals surface area contributed by atoms with Gasteiger partial charge in [-0.2, -0.15) is 0 Å². The van der Waals surface area contributed by atoms with E-state index in [1.807, 2.05) is 24.3 Å². The molecule has 1 aliphatic heterocycles. The summed E-state index contributed by atoms with van der Waals surface area (Å²) in [6.45, 7) is 11.4. The van der Waals surface area contributed by atoms with Crippen LogP contribution in [0.4, 0.5) is 18.9 Å². The first kappa shape index (κ1) is 33.5. The normalized spacial score (nSPS) is 16.5. The van der Waals surface area contributed by atoms with Crippen molar-refractivity contribution in [1.29, 1.82) is 0 Å². The molecule has 0 bridgehead atoms. The average Bonchev–Trinajstić information content (AvgIpc) is 3.63. The lowest BCUT2D eigenvalue weighted by molar-refractivity contribution is -0.274. The maximum absolute atomic E-state index is 12.4. The molecule has 0 saturated carbocycles. The number of aliphatic hydroxyl groups is 1. The number of rotatable bonds is 12. The van der Waals surface area contributed by atoms with Crippen LogP contribution < -0.4 is 20.3 Å². The number of aliphatic hydroxyl groups excluding tert-OH is 1. The summed E-state index contributed by atoms with van der Waals surface area (Å²) >= 11 is 1.65. The number of ether oxygens (including phenoxy) is 1. The molecule has 3 atom stereocenters. The first-order chi connectivity index (χ1) is 21.9. The van der Waals surface area contributed by atoms with Crippen LogP contribution in [0.25, 0.3) is 17.1 Å². The van der Waals surface area contributed by atoms with Gasteiger partial charge >= 0.3 is 6.36 Å². The summed E-state index contributed by atoms with van der Waals surface area (Å²) in [4.78, 5) is 6.61. The average molecular weight is 653 g/mol. The van der Waals surface area contributed by atoms with Crippen LogP contribution in [0.3, 0.4) is 0 Å². The summed E-state index contributed by atoms with van der Waals surface area (Å²) in [6.07, 6.45) is -3.30. The van der Waals surface area contributed by atoms with E-state index < -0.39 is 12.7 Å². The second kappa shape index (κ2) is 14.3. The molecule has 0 radical (unpaired) electrons. The first-order valence-corrected chi connectivity index (χ1v) is 16.1. The highest BCUT2D eigenvalue weighted by Crippen LogP contribution is 2.39. The number of nitrogens with one attached hydrogen (secondary N) is 2. The summed E-state index contributed by atoms with van der Waals surface area (Å²) in [5, 5.41) is 24.0. The van der Waals surface area contributed by atoms with Crippen molar-refractivity contribution >= 4 is 17.4 Å². The van der Waals surface area contributed by atoms with E-state index in [1.165, 1.54) is 46.4 Å². The third-order valence-corrected chi connectivity index (χ3v) is 8.78. The van der Waals surface area contributed by atoms with Crippen LogP contribution in [0.2, 0.25) is 0 Å². The van der Waals surface area contributed by atoms with E-state index in [0.29, 0.717) is 24.0 Å². The van der Waals surface area contributed by atoms with E-state index in [4.69, 9.17) is 0 Å². The quantitative estimate of drug-likeness (QED) is 0.138. The number of hydrogen-bond donors (Lipinski definition) is 3. The molecule has 0 amide bonds. The number of hydrogen-bond acceptors (Lipinski definition) is 8. The van der Waals surface area contributed by atoms with Crippen molar-refractivity contribution in [3.63, 3.8) is 0 Å². The molecule has 0 saturated heterocycles. The molecule has 244 valence electrons. The van der Waals surface area contributed by atoms with Gasteiger partial charge in [0.1, 0.15) is 17.6 Å². The van der Waals surface area contributed by atoms with Crippen LogP contribution in [0.1, 0.15) is 50.3 Å². The van der Waals surface area contributed by atoms with Crippen LogP contribution in [0.15, 0.2) is 84.2 Å². The van der Waals surface area contributed by atoms with Gasteiger partial charge in [0.15, 0.2) is 12.2 Å². The van der Waals surface area contributed by atoms with Crippen molar-refractivity contribution < 1.29 is 23.0 Å². The molecule has 0 spiro atoms. The van der Waals surface area contributed by atoms with E-state index in [0.717, 1.165) is 28.9 Å². The molecule has 1 aliphatic rings. The van der Waals surface area contributed by atoms with Gasteiger partial charge in [-0.05, 0) is 84.5 Å². The molecule has 8 nitrogen and oxygen atoms in total. The van der Waals surface area contributed by atoms with Crippen LogP contribution in [0, 0.1) is 12.8 Å². The Balaban J connectivity index is 1.13. The SMILES string of the molecule is CC1=CSC(NC(O)NCC(C)Cc2ccc(-c3ncn(-c4ccc(OC(F)(F)F)cc4)n3)cc2)N1c1cccc(C)c1C(C)C. The first-order valence-electron chi connectivity index (χ1n) is 15.1. The number of allylic oxidation sites excluding steroid dienone is 1. The maximum Gasteiger partial charge on any atom is 0.573 e. The predicted molar refractivity (Wildman–Crippen MR) is 176 cm³/mol. The van der Waals surface area contributed by atoms with Crippen molar-refractivity contribution in [2.75, 3.05) is 11.4 Å². The fraction of sp³-hybridized carbons (Fsp3) is 0.353. The molecule has 4 aromatic rings. The molecular weight excluding hydrogens is 613 g/mol. The van der Waals surface area contributed by atoms with Gasteiger partial charge in [0.05, 0.1) is 5.69 Å². The van der Waals surface area contributed by atoms with E-state index in [-0.39, 0.29) is 17.2 Å². The lowest BCUT2D eigenvalue weighted by Crippen LogP contribution is -2.52. The lowest BCUT2D eigenvalue weighted by Gasteiger charge is -2.33. The Labute approximate surface area is 271 Å². The lowest BCUT2D eigenvalue weighted by atomic mass is 9.95. The number of alkyl halides is 3. The van der Waals surface area contributed by atoms with Gasteiger partial charge < -0.3 is 14.7 Å². The Morgan fingerprint density at radius 1 is 1.00 bits per heavy atom. The van der Waals surface area contributed by atoms with E-state index in [9.17, 15) is 18.3 Å². The monoisotopic (exact) mass is 652 g/mol. The number of benzene rings is 3. The van der Waals surface area contributed by atoms with Crippen LogP contribution in [0.5, 0.6) is 5.75 Å². The number of nitrogens with zero attached hydrogens (tertiary/aromatic N) is 4. The molecule has 0 fully saturated rings. The van der Waals surface area contributed by atoms with Crippen molar-refractivity contribution in [2.24, 2.45) is 5.92 Å². The van der Waals surface area contributed by atoms with E-state index in [2.05, 4.69) is 88.6 Å². The molecule has 2 heterocycles. The zero-order valence-corrected chi connectivity index (χ0v) is 27.2. The molecule has 0 aliphatic carbocycles. The van der Waals surface area contributed by atoms with Crippen LogP contribution in [-0.4, -0.2) is 44.6 Å². The zero-order valence-electron chi connectivity index (χ0n) is 26.4. The second-order valence-electron chi connectivity index (χ2n) is 11.8. The highest BCUT2D eigenvalue weighted by molar-refractivity contribution is 8.03. The highest BCUT2D eigenvalue weighted by atomic mass is 32.2. The minimum absolute atomic E-state index is 0.135. The fourth-order valence-corrected chi connectivity index (χ4v) is 6.66. The predicted octanol–water partition coefficient (Wildman–Crippen LogP) is 7.30. The molecule has 3 aromatic carbocycles. The van der Waals surface area contributed by atoms with Crippen LogP contribution in [-0.2, 0) is 6.42 Å². The third-order valence-electron chi connectivity index (χ3n) is 7.70. The van der Waals surface area contributed by atoms with Gasteiger partial charge in [-0.15, -0.1) is 18.3 Å². The third kappa shape index (κ3) is 8.30. The van der Waals surface area contributed by atoms with Gasteiger partial charge in [0.2, 0.25) is 0 Å². The van der Waals surface area contributed by atoms with Crippen molar-refractivity contribution in [3.05, 3.63) is 101 Å². The van der Waals surface area contributed by atoms with Crippen molar-refractivity contribution in [1.82, 2.24) is 25.4 Å². The molecule has 46 heavy (non-hydrogen) atoms.